The van der Waals surface area contributed by atoms with Crippen LogP contribution in [0, 0.1) is 11.3 Å². The highest BCUT2D eigenvalue weighted by molar-refractivity contribution is 5.59. The highest BCUT2D eigenvalue weighted by Crippen LogP contribution is 2.22. The van der Waals surface area contributed by atoms with E-state index in [4.69, 9.17) is 11.0 Å². The minimum Gasteiger partial charge on any atom is -0.398 e. The van der Waals surface area contributed by atoms with Crippen molar-refractivity contribution in [1.29, 1.82) is 5.26 Å². The first-order chi connectivity index (χ1) is 9.24. The summed E-state index contributed by atoms with van der Waals surface area (Å²) in [6, 6.07) is 8.21. The lowest BCUT2D eigenvalue weighted by molar-refractivity contribution is 0.258. The van der Waals surface area contributed by atoms with E-state index in [0.29, 0.717) is 6.42 Å². The van der Waals surface area contributed by atoms with Gasteiger partial charge in [0.05, 0.1) is 12.5 Å². The van der Waals surface area contributed by atoms with Crippen LogP contribution in [0.1, 0.15) is 18.9 Å². The lowest BCUT2D eigenvalue weighted by Gasteiger charge is -2.36. The molecule has 0 unspecified atom stereocenters. The van der Waals surface area contributed by atoms with Gasteiger partial charge in [0.1, 0.15) is 0 Å². The SMILES string of the molecule is CCCN1CCN(c2ccc(N)c(CC#N)c2)CC1. The predicted molar refractivity (Wildman–Crippen MR) is 79.1 cm³/mol. The van der Waals surface area contributed by atoms with Crippen LogP contribution in [-0.4, -0.2) is 37.6 Å². The van der Waals surface area contributed by atoms with Gasteiger partial charge in [-0.1, -0.05) is 6.92 Å². The Labute approximate surface area is 115 Å². The van der Waals surface area contributed by atoms with Crippen molar-refractivity contribution in [2.75, 3.05) is 43.4 Å². The summed E-state index contributed by atoms with van der Waals surface area (Å²) in [6.07, 6.45) is 1.60. The first kappa shape index (κ1) is 13.7. The highest BCUT2D eigenvalue weighted by Gasteiger charge is 2.16. The molecule has 1 aromatic rings. The molecule has 1 heterocycles. The van der Waals surface area contributed by atoms with E-state index in [1.165, 1.54) is 18.7 Å². The fourth-order valence-electron chi connectivity index (χ4n) is 2.57. The summed E-state index contributed by atoms with van der Waals surface area (Å²) in [4.78, 5) is 4.89. The van der Waals surface area contributed by atoms with Crippen molar-refractivity contribution < 1.29 is 0 Å². The summed E-state index contributed by atoms with van der Waals surface area (Å²) in [5.74, 6) is 0. The van der Waals surface area contributed by atoms with Gasteiger partial charge in [-0.3, -0.25) is 4.90 Å². The number of hydrogen-bond acceptors (Lipinski definition) is 4. The molecule has 19 heavy (non-hydrogen) atoms. The van der Waals surface area contributed by atoms with E-state index in [-0.39, 0.29) is 0 Å². The summed E-state index contributed by atoms with van der Waals surface area (Å²) < 4.78 is 0. The molecular formula is C15H22N4. The van der Waals surface area contributed by atoms with Crippen molar-refractivity contribution in [3.05, 3.63) is 23.8 Å². The molecule has 0 atom stereocenters. The smallest absolute Gasteiger partial charge is 0.0670 e. The van der Waals surface area contributed by atoms with Gasteiger partial charge in [-0.25, -0.2) is 0 Å². The second-order valence-corrected chi connectivity index (χ2v) is 5.05. The van der Waals surface area contributed by atoms with Crippen molar-refractivity contribution in [2.45, 2.75) is 19.8 Å². The Morgan fingerprint density at radius 3 is 2.63 bits per heavy atom. The molecule has 1 aliphatic rings. The summed E-state index contributed by atoms with van der Waals surface area (Å²) in [5, 5.41) is 8.81. The Kier molecular flexibility index (Phi) is 4.64. The molecule has 0 amide bonds. The van der Waals surface area contributed by atoms with Crippen molar-refractivity contribution in [3.63, 3.8) is 0 Å². The number of nitriles is 1. The molecule has 1 saturated heterocycles. The van der Waals surface area contributed by atoms with E-state index in [9.17, 15) is 0 Å². The van der Waals surface area contributed by atoms with Crippen LogP contribution in [0.4, 0.5) is 11.4 Å². The minimum absolute atomic E-state index is 0.384. The van der Waals surface area contributed by atoms with Gasteiger partial charge in [0.15, 0.2) is 0 Å². The zero-order chi connectivity index (χ0) is 13.7. The maximum absolute atomic E-state index is 8.81. The first-order valence-corrected chi connectivity index (χ1v) is 6.97. The average Bonchev–Trinajstić information content (AvgIpc) is 2.43. The summed E-state index contributed by atoms with van der Waals surface area (Å²) >= 11 is 0. The quantitative estimate of drug-likeness (QED) is 0.838. The van der Waals surface area contributed by atoms with E-state index in [1.54, 1.807) is 0 Å². The molecule has 0 aliphatic carbocycles. The summed E-state index contributed by atoms with van der Waals surface area (Å²) in [6.45, 7) is 7.75. The number of anilines is 2. The molecule has 1 aromatic carbocycles. The topological polar surface area (TPSA) is 56.3 Å². The van der Waals surface area contributed by atoms with Gasteiger partial charge >= 0.3 is 0 Å². The molecule has 0 saturated carbocycles. The number of nitrogens with zero attached hydrogens (tertiary/aromatic N) is 3. The van der Waals surface area contributed by atoms with E-state index >= 15 is 0 Å². The third kappa shape index (κ3) is 3.39. The van der Waals surface area contributed by atoms with Gasteiger partial charge in [0.25, 0.3) is 0 Å². The maximum Gasteiger partial charge on any atom is 0.0670 e. The molecule has 0 bridgehead atoms. The maximum atomic E-state index is 8.81. The molecule has 1 aliphatic heterocycles. The normalized spacial score (nSPS) is 16.3. The Morgan fingerprint density at radius 2 is 2.00 bits per heavy atom. The average molecular weight is 258 g/mol. The van der Waals surface area contributed by atoms with Crippen LogP contribution < -0.4 is 10.6 Å². The van der Waals surface area contributed by atoms with E-state index in [1.807, 2.05) is 6.07 Å². The zero-order valence-electron chi connectivity index (χ0n) is 11.6. The number of hydrogen-bond donors (Lipinski definition) is 1. The number of piperazine rings is 1. The molecular weight excluding hydrogens is 236 g/mol. The molecule has 4 nitrogen and oxygen atoms in total. The monoisotopic (exact) mass is 258 g/mol. The third-order valence-electron chi connectivity index (χ3n) is 3.67. The van der Waals surface area contributed by atoms with Crippen LogP contribution in [0.5, 0.6) is 0 Å². The molecule has 2 N–H and O–H groups in total. The van der Waals surface area contributed by atoms with Crippen LogP contribution in [-0.2, 0) is 6.42 Å². The second kappa shape index (κ2) is 6.44. The number of nitrogen functional groups attached to an aromatic ring is 1. The number of rotatable bonds is 4. The zero-order valence-corrected chi connectivity index (χ0v) is 11.6. The third-order valence-corrected chi connectivity index (χ3v) is 3.67. The van der Waals surface area contributed by atoms with Crippen LogP contribution in [0.25, 0.3) is 0 Å². The minimum atomic E-state index is 0.384. The largest absolute Gasteiger partial charge is 0.398 e. The molecule has 0 radical (unpaired) electrons. The Bertz CT molecular complexity index is 456. The molecule has 0 spiro atoms. The fraction of sp³-hybridized carbons (Fsp3) is 0.533. The lowest BCUT2D eigenvalue weighted by Crippen LogP contribution is -2.46. The summed E-state index contributed by atoms with van der Waals surface area (Å²) in [7, 11) is 0. The van der Waals surface area contributed by atoms with Crippen LogP contribution in [0.3, 0.4) is 0 Å². The molecule has 2 rings (SSSR count). The lowest BCUT2D eigenvalue weighted by atomic mass is 10.1. The standard InChI is InChI=1S/C15H22N4/c1-2-7-18-8-10-19(11-9-18)14-3-4-15(17)13(12-14)5-6-16/h3-4,12H,2,5,7-11,17H2,1H3. The van der Waals surface area contributed by atoms with E-state index in [0.717, 1.165) is 37.4 Å². The molecule has 4 heteroatoms. The second-order valence-electron chi connectivity index (χ2n) is 5.05. The Morgan fingerprint density at radius 1 is 1.26 bits per heavy atom. The van der Waals surface area contributed by atoms with Gasteiger partial charge in [-0.05, 0) is 36.7 Å². The van der Waals surface area contributed by atoms with Gasteiger partial charge in [-0.15, -0.1) is 0 Å². The molecule has 1 fully saturated rings. The van der Waals surface area contributed by atoms with Gasteiger partial charge < -0.3 is 10.6 Å². The van der Waals surface area contributed by atoms with E-state index < -0.39 is 0 Å². The predicted octanol–water partition coefficient (Wildman–Crippen LogP) is 1.87. The Balaban J connectivity index is 2.03. The van der Waals surface area contributed by atoms with Crippen LogP contribution >= 0.6 is 0 Å². The molecule has 0 aromatic heterocycles. The van der Waals surface area contributed by atoms with Crippen molar-refractivity contribution in [3.8, 4) is 6.07 Å². The van der Waals surface area contributed by atoms with Crippen LogP contribution in [0.2, 0.25) is 0 Å². The fourth-order valence-corrected chi connectivity index (χ4v) is 2.57. The first-order valence-electron chi connectivity index (χ1n) is 6.97. The van der Waals surface area contributed by atoms with Crippen molar-refractivity contribution >= 4 is 11.4 Å². The van der Waals surface area contributed by atoms with Gasteiger partial charge in [0.2, 0.25) is 0 Å². The van der Waals surface area contributed by atoms with E-state index in [2.05, 4.69) is 34.9 Å². The van der Waals surface area contributed by atoms with Crippen molar-refractivity contribution in [2.24, 2.45) is 0 Å². The molecule has 102 valence electrons. The van der Waals surface area contributed by atoms with Crippen LogP contribution in [0.15, 0.2) is 18.2 Å². The number of nitrogens with two attached hydrogens (primary N) is 1. The van der Waals surface area contributed by atoms with Crippen molar-refractivity contribution in [1.82, 2.24) is 4.90 Å². The van der Waals surface area contributed by atoms with Gasteiger partial charge in [0, 0.05) is 37.6 Å². The summed E-state index contributed by atoms with van der Waals surface area (Å²) in [5.41, 5.74) is 8.74. The highest BCUT2D eigenvalue weighted by atomic mass is 15.3. The Hall–Kier alpha value is -1.73. The van der Waals surface area contributed by atoms with Gasteiger partial charge in [-0.2, -0.15) is 5.26 Å². The number of benzene rings is 1.